The van der Waals surface area contributed by atoms with Crippen LogP contribution in [0.25, 0.3) is 0 Å². The molecule has 1 aromatic heterocycles. The summed E-state index contributed by atoms with van der Waals surface area (Å²) in [5, 5.41) is 14.1. The summed E-state index contributed by atoms with van der Waals surface area (Å²) in [5.74, 6) is 0.127. The van der Waals surface area contributed by atoms with E-state index in [4.69, 9.17) is 11.6 Å². The normalized spacial score (nSPS) is 11.2. The molecule has 108 valence electrons. The van der Waals surface area contributed by atoms with Crippen LogP contribution in [0.3, 0.4) is 0 Å². The number of hydrogen-bond acceptors (Lipinski definition) is 3. The first-order chi connectivity index (χ1) is 9.62. The fourth-order valence-corrected chi connectivity index (χ4v) is 2.31. The smallest absolute Gasteiger partial charge is 0.134 e. The molecular weight excluding hydrogens is 274 g/mol. The highest BCUT2D eigenvalue weighted by molar-refractivity contribution is 6.32. The molecule has 0 bridgehead atoms. The Labute approximate surface area is 124 Å². The molecule has 0 saturated carbocycles. The van der Waals surface area contributed by atoms with E-state index >= 15 is 0 Å². The molecule has 0 amide bonds. The molecular formula is C15H20ClN3O. The molecule has 0 unspecified atom stereocenters. The number of hydrogen-bond donors (Lipinski definition) is 1. The van der Waals surface area contributed by atoms with E-state index in [-0.39, 0.29) is 5.75 Å². The molecule has 1 heterocycles. The largest absolute Gasteiger partial charge is 0.506 e. The number of halogens is 1. The monoisotopic (exact) mass is 293 g/mol. The Morgan fingerprint density at radius 2 is 2.00 bits per heavy atom. The van der Waals surface area contributed by atoms with Gasteiger partial charge in [-0.2, -0.15) is 5.10 Å². The molecule has 1 N–H and O–H groups in total. The zero-order chi connectivity index (χ0) is 14.5. The third kappa shape index (κ3) is 3.74. The van der Waals surface area contributed by atoms with Gasteiger partial charge in [-0.25, -0.2) is 0 Å². The summed E-state index contributed by atoms with van der Waals surface area (Å²) in [5.41, 5.74) is 2.30. The minimum Gasteiger partial charge on any atom is -0.506 e. The van der Waals surface area contributed by atoms with Gasteiger partial charge in [0.2, 0.25) is 0 Å². The summed E-state index contributed by atoms with van der Waals surface area (Å²) in [6.45, 7) is 7.69. The molecule has 20 heavy (non-hydrogen) atoms. The second kappa shape index (κ2) is 6.77. The van der Waals surface area contributed by atoms with E-state index in [1.165, 1.54) is 5.56 Å². The number of benzene rings is 1. The van der Waals surface area contributed by atoms with Crippen molar-refractivity contribution in [2.45, 2.75) is 33.5 Å². The maximum absolute atomic E-state index is 9.44. The Morgan fingerprint density at radius 3 is 2.60 bits per heavy atom. The van der Waals surface area contributed by atoms with Gasteiger partial charge in [-0.3, -0.25) is 9.58 Å². The molecule has 4 nitrogen and oxygen atoms in total. The Morgan fingerprint density at radius 1 is 1.25 bits per heavy atom. The second-order valence-electron chi connectivity index (χ2n) is 4.79. The zero-order valence-electron chi connectivity index (χ0n) is 11.9. The highest BCUT2D eigenvalue weighted by Crippen LogP contribution is 2.24. The van der Waals surface area contributed by atoms with Crippen LogP contribution in [0.4, 0.5) is 0 Å². The van der Waals surface area contributed by atoms with Crippen LogP contribution in [-0.4, -0.2) is 26.3 Å². The van der Waals surface area contributed by atoms with E-state index in [1.807, 2.05) is 23.0 Å². The summed E-state index contributed by atoms with van der Waals surface area (Å²) in [6, 6.07) is 5.36. The maximum Gasteiger partial charge on any atom is 0.134 e. The van der Waals surface area contributed by atoms with E-state index in [1.54, 1.807) is 6.07 Å². The lowest BCUT2D eigenvalue weighted by atomic mass is 10.2. The number of phenols is 1. The van der Waals surface area contributed by atoms with Crippen molar-refractivity contribution >= 4 is 11.6 Å². The van der Waals surface area contributed by atoms with Gasteiger partial charge >= 0.3 is 0 Å². The Balaban J connectivity index is 2.02. The van der Waals surface area contributed by atoms with Crippen molar-refractivity contribution in [1.29, 1.82) is 0 Å². The number of nitrogens with zero attached hydrogens (tertiary/aromatic N) is 3. The first kappa shape index (κ1) is 14.9. The lowest BCUT2D eigenvalue weighted by molar-refractivity contribution is 0.271. The Hall–Kier alpha value is -1.52. The van der Waals surface area contributed by atoms with Gasteiger partial charge < -0.3 is 5.11 Å². The maximum atomic E-state index is 9.44. The number of aromatic nitrogens is 2. The van der Waals surface area contributed by atoms with Crippen molar-refractivity contribution in [1.82, 2.24) is 14.7 Å². The van der Waals surface area contributed by atoms with E-state index in [9.17, 15) is 5.11 Å². The van der Waals surface area contributed by atoms with Crippen LogP contribution in [0.15, 0.2) is 30.6 Å². The summed E-state index contributed by atoms with van der Waals surface area (Å²) < 4.78 is 1.93. The lowest BCUT2D eigenvalue weighted by Crippen LogP contribution is -2.22. The molecule has 5 heteroatoms. The van der Waals surface area contributed by atoms with Gasteiger partial charge in [-0.15, -0.1) is 0 Å². The minimum atomic E-state index is 0.127. The molecule has 0 atom stereocenters. The van der Waals surface area contributed by atoms with Crippen molar-refractivity contribution < 1.29 is 5.11 Å². The van der Waals surface area contributed by atoms with Crippen LogP contribution in [0.2, 0.25) is 5.02 Å². The number of aryl methyl sites for hydroxylation is 1. The van der Waals surface area contributed by atoms with Crippen LogP contribution in [-0.2, 0) is 19.6 Å². The van der Waals surface area contributed by atoms with Crippen LogP contribution in [0.5, 0.6) is 5.75 Å². The number of rotatable bonds is 6. The van der Waals surface area contributed by atoms with Crippen LogP contribution < -0.4 is 0 Å². The van der Waals surface area contributed by atoms with Crippen molar-refractivity contribution in [2.24, 2.45) is 0 Å². The predicted molar refractivity (Wildman–Crippen MR) is 80.8 cm³/mol. The van der Waals surface area contributed by atoms with E-state index < -0.39 is 0 Å². The van der Waals surface area contributed by atoms with Gasteiger partial charge in [0, 0.05) is 31.4 Å². The highest BCUT2D eigenvalue weighted by Gasteiger charge is 2.08. The average molecular weight is 294 g/mol. The molecule has 0 aliphatic rings. The van der Waals surface area contributed by atoms with Crippen molar-refractivity contribution in [2.75, 3.05) is 6.54 Å². The minimum absolute atomic E-state index is 0.127. The standard InChI is InChI=1S/C15H20ClN3O/c1-3-18(10-13-8-17-19(4-2)11-13)9-12-5-6-15(20)14(16)7-12/h5-8,11,20H,3-4,9-10H2,1-2H3. The highest BCUT2D eigenvalue weighted by atomic mass is 35.5. The Kier molecular flexibility index (Phi) is 5.04. The van der Waals surface area contributed by atoms with E-state index in [0.717, 1.165) is 31.7 Å². The molecule has 0 radical (unpaired) electrons. The number of phenolic OH excluding ortho intramolecular Hbond substituents is 1. The zero-order valence-corrected chi connectivity index (χ0v) is 12.6. The van der Waals surface area contributed by atoms with Crippen LogP contribution in [0.1, 0.15) is 25.0 Å². The fraction of sp³-hybridized carbons (Fsp3) is 0.400. The predicted octanol–water partition coefficient (Wildman–Crippen LogP) is 3.28. The van der Waals surface area contributed by atoms with Gasteiger partial charge in [-0.05, 0) is 31.2 Å². The van der Waals surface area contributed by atoms with Crippen LogP contribution in [0, 0.1) is 0 Å². The lowest BCUT2D eigenvalue weighted by Gasteiger charge is -2.19. The summed E-state index contributed by atoms with van der Waals surface area (Å²) in [4.78, 5) is 2.31. The Bertz CT molecular complexity index is 568. The van der Waals surface area contributed by atoms with Gasteiger partial charge in [0.05, 0.1) is 11.2 Å². The second-order valence-corrected chi connectivity index (χ2v) is 5.20. The van der Waals surface area contributed by atoms with Gasteiger partial charge in [0.1, 0.15) is 5.75 Å². The third-order valence-corrected chi connectivity index (χ3v) is 3.59. The quantitative estimate of drug-likeness (QED) is 0.888. The summed E-state index contributed by atoms with van der Waals surface area (Å²) in [7, 11) is 0. The number of aromatic hydroxyl groups is 1. The molecule has 0 saturated heterocycles. The molecule has 0 aliphatic carbocycles. The van der Waals surface area contributed by atoms with Crippen molar-refractivity contribution in [3.05, 3.63) is 46.7 Å². The molecule has 0 fully saturated rings. The summed E-state index contributed by atoms with van der Waals surface area (Å²) >= 11 is 5.94. The van der Waals surface area contributed by atoms with Gasteiger partial charge in [-0.1, -0.05) is 24.6 Å². The molecule has 2 rings (SSSR count). The summed E-state index contributed by atoms with van der Waals surface area (Å²) in [6.07, 6.45) is 3.99. The first-order valence-electron chi connectivity index (χ1n) is 6.83. The average Bonchev–Trinajstić information content (AvgIpc) is 2.90. The van der Waals surface area contributed by atoms with E-state index in [0.29, 0.717) is 5.02 Å². The van der Waals surface area contributed by atoms with Gasteiger partial charge in [0.15, 0.2) is 0 Å². The molecule has 0 spiro atoms. The van der Waals surface area contributed by atoms with Crippen molar-refractivity contribution in [3.8, 4) is 5.75 Å². The topological polar surface area (TPSA) is 41.3 Å². The first-order valence-corrected chi connectivity index (χ1v) is 7.21. The molecule has 2 aromatic rings. The van der Waals surface area contributed by atoms with Crippen LogP contribution >= 0.6 is 11.6 Å². The van der Waals surface area contributed by atoms with Gasteiger partial charge in [0.25, 0.3) is 0 Å². The van der Waals surface area contributed by atoms with Crippen molar-refractivity contribution in [3.63, 3.8) is 0 Å². The molecule has 1 aromatic carbocycles. The molecule has 0 aliphatic heterocycles. The fourth-order valence-electron chi connectivity index (χ4n) is 2.11. The SMILES string of the molecule is CCN(Cc1ccc(O)c(Cl)c1)Cc1cnn(CC)c1. The van der Waals surface area contributed by atoms with E-state index in [2.05, 4.69) is 30.0 Å². The third-order valence-electron chi connectivity index (χ3n) is 3.28.